The Hall–Kier alpha value is -1.61. The fraction of sp³-hybridized carbons (Fsp3) is 0.438. The zero-order valence-electron chi connectivity index (χ0n) is 11.4. The Morgan fingerprint density at radius 1 is 1.26 bits per heavy atom. The van der Waals surface area contributed by atoms with Crippen LogP contribution in [0.3, 0.4) is 0 Å². The van der Waals surface area contributed by atoms with Gasteiger partial charge >= 0.3 is 0 Å². The average molecular weight is 256 g/mol. The summed E-state index contributed by atoms with van der Waals surface area (Å²) in [6.45, 7) is 4.89. The molecule has 1 atom stereocenters. The molecular formula is C16H20N2O. The first-order valence-electron chi connectivity index (χ1n) is 7.09. The first kappa shape index (κ1) is 12.4. The highest BCUT2D eigenvalue weighted by Gasteiger charge is 2.21. The van der Waals surface area contributed by atoms with Gasteiger partial charge in [0.05, 0.1) is 11.6 Å². The van der Waals surface area contributed by atoms with E-state index in [0.717, 1.165) is 37.5 Å². The smallest absolute Gasteiger partial charge is 0.129 e. The van der Waals surface area contributed by atoms with Gasteiger partial charge in [0.2, 0.25) is 0 Å². The van der Waals surface area contributed by atoms with Gasteiger partial charge < -0.3 is 9.64 Å². The zero-order valence-corrected chi connectivity index (χ0v) is 11.4. The van der Waals surface area contributed by atoms with Crippen LogP contribution in [0.4, 0.5) is 5.82 Å². The van der Waals surface area contributed by atoms with Gasteiger partial charge in [-0.1, -0.05) is 18.2 Å². The molecule has 0 saturated carbocycles. The molecule has 0 N–H and O–H groups in total. The van der Waals surface area contributed by atoms with E-state index < -0.39 is 0 Å². The minimum Gasteiger partial charge on any atom is -0.377 e. The fourth-order valence-corrected chi connectivity index (χ4v) is 2.75. The maximum Gasteiger partial charge on any atom is 0.129 e. The molecule has 1 aliphatic rings. The molecule has 1 aliphatic heterocycles. The number of para-hydroxylation sites is 1. The molecule has 2 heterocycles. The van der Waals surface area contributed by atoms with Crippen LogP contribution in [0.15, 0.2) is 36.4 Å². The molecule has 0 radical (unpaired) electrons. The van der Waals surface area contributed by atoms with Crippen LogP contribution in [0.5, 0.6) is 0 Å². The topological polar surface area (TPSA) is 25.4 Å². The molecule has 1 aromatic heterocycles. The van der Waals surface area contributed by atoms with Crippen LogP contribution < -0.4 is 4.90 Å². The first-order chi connectivity index (χ1) is 9.36. The number of piperidine rings is 1. The van der Waals surface area contributed by atoms with Crippen molar-refractivity contribution in [3.63, 3.8) is 0 Å². The molecule has 3 rings (SSSR count). The molecule has 19 heavy (non-hydrogen) atoms. The van der Waals surface area contributed by atoms with Crippen LogP contribution >= 0.6 is 0 Å². The van der Waals surface area contributed by atoms with Crippen molar-refractivity contribution in [2.24, 2.45) is 0 Å². The number of fused-ring (bicyclic) bond motifs is 1. The number of aromatic nitrogens is 1. The predicted molar refractivity (Wildman–Crippen MR) is 78.6 cm³/mol. The largest absolute Gasteiger partial charge is 0.377 e. The van der Waals surface area contributed by atoms with Crippen LogP contribution in [-0.4, -0.2) is 30.8 Å². The van der Waals surface area contributed by atoms with Gasteiger partial charge in [0.15, 0.2) is 0 Å². The Labute approximate surface area is 114 Å². The third kappa shape index (κ3) is 2.71. The monoisotopic (exact) mass is 256 g/mol. The third-order valence-corrected chi connectivity index (χ3v) is 3.69. The summed E-state index contributed by atoms with van der Waals surface area (Å²) in [5, 5.41) is 1.20. The van der Waals surface area contributed by atoms with Crippen LogP contribution in [0.2, 0.25) is 0 Å². The lowest BCUT2D eigenvalue weighted by Crippen LogP contribution is -2.40. The van der Waals surface area contributed by atoms with Gasteiger partial charge in [0.1, 0.15) is 5.82 Å². The molecule has 0 spiro atoms. The van der Waals surface area contributed by atoms with E-state index >= 15 is 0 Å². The summed E-state index contributed by atoms with van der Waals surface area (Å²) >= 11 is 0. The van der Waals surface area contributed by atoms with Crippen LogP contribution in [0, 0.1) is 0 Å². The second-order valence-electron chi connectivity index (χ2n) is 5.03. The van der Waals surface area contributed by atoms with Crippen molar-refractivity contribution in [1.29, 1.82) is 0 Å². The summed E-state index contributed by atoms with van der Waals surface area (Å²) in [5.74, 6) is 1.07. The summed E-state index contributed by atoms with van der Waals surface area (Å²) in [5.41, 5.74) is 1.07. The third-order valence-electron chi connectivity index (χ3n) is 3.69. The van der Waals surface area contributed by atoms with E-state index in [2.05, 4.69) is 42.2 Å². The van der Waals surface area contributed by atoms with Crippen molar-refractivity contribution in [3.8, 4) is 0 Å². The number of pyridine rings is 1. The molecule has 1 unspecified atom stereocenters. The SMILES string of the molecule is CCOC1CCCN(c2ccc3ccccc3n2)C1. The van der Waals surface area contributed by atoms with Crippen molar-refractivity contribution < 1.29 is 4.74 Å². The Morgan fingerprint density at radius 2 is 2.16 bits per heavy atom. The fourth-order valence-electron chi connectivity index (χ4n) is 2.75. The van der Waals surface area contributed by atoms with E-state index in [9.17, 15) is 0 Å². The highest BCUT2D eigenvalue weighted by atomic mass is 16.5. The number of anilines is 1. The van der Waals surface area contributed by atoms with Gasteiger partial charge in [0, 0.05) is 25.1 Å². The Balaban J connectivity index is 1.83. The van der Waals surface area contributed by atoms with Crippen LogP contribution in [0.1, 0.15) is 19.8 Å². The van der Waals surface area contributed by atoms with Gasteiger partial charge in [-0.2, -0.15) is 0 Å². The van der Waals surface area contributed by atoms with Crippen molar-refractivity contribution in [2.75, 3.05) is 24.6 Å². The first-order valence-corrected chi connectivity index (χ1v) is 7.09. The minimum absolute atomic E-state index is 0.354. The molecule has 100 valence electrons. The highest BCUT2D eigenvalue weighted by Crippen LogP contribution is 2.22. The van der Waals surface area contributed by atoms with E-state index in [1.165, 1.54) is 11.8 Å². The summed E-state index contributed by atoms with van der Waals surface area (Å²) in [4.78, 5) is 7.11. The Morgan fingerprint density at radius 3 is 3.05 bits per heavy atom. The molecule has 0 amide bonds. The van der Waals surface area contributed by atoms with Crippen molar-refractivity contribution in [1.82, 2.24) is 4.98 Å². The van der Waals surface area contributed by atoms with Gasteiger partial charge in [-0.25, -0.2) is 4.98 Å². The summed E-state index contributed by atoms with van der Waals surface area (Å²) < 4.78 is 5.75. The van der Waals surface area contributed by atoms with Crippen LogP contribution in [-0.2, 0) is 4.74 Å². The molecular weight excluding hydrogens is 236 g/mol. The average Bonchev–Trinajstić information content (AvgIpc) is 2.47. The van der Waals surface area contributed by atoms with Gasteiger partial charge in [-0.3, -0.25) is 0 Å². The van der Waals surface area contributed by atoms with Crippen molar-refractivity contribution in [2.45, 2.75) is 25.9 Å². The maximum absolute atomic E-state index is 5.75. The molecule has 0 bridgehead atoms. The van der Waals surface area contributed by atoms with E-state index in [1.807, 2.05) is 6.07 Å². The molecule has 1 saturated heterocycles. The number of rotatable bonds is 3. The van der Waals surface area contributed by atoms with E-state index in [0.29, 0.717) is 6.10 Å². The van der Waals surface area contributed by atoms with Gasteiger partial charge in [-0.05, 0) is 38.0 Å². The summed E-state index contributed by atoms with van der Waals surface area (Å²) in [7, 11) is 0. The lowest BCUT2D eigenvalue weighted by molar-refractivity contribution is 0.0525. The zero-order chi connectivity index (χ0) is 13.1. The Bertz CT molecular complexity index is 553. The number of benzene rings is 1. The standard InChI is InChI=1S/C16H20N2O/c1-2-19-14-7-5-11-18(12-14)16-10-9-13-6-3-4-8-15(13)17-16/h3-4,6,8-10,14H,2,5,7,11-12H2,1H3. The van der Waals surface area contributed by atoms with Crippen LogP contribution in [0.25, 0.3) is 10.9 Å². The predicted octanol–water partition coefficient (Wildman–Crippen LogP) is 3.24. The second-order valence-corrected chi connectivity index (χ2v) is 5.03. The number of nitrogens with zero attached hydrogens (tertiary/aromatic N) is 2. The highest BCUT2D eigenvalue weighted by molar-refractivity contribution is 5.80. The quantitative estimate of drug-likeness (QED) is 0.843. The number of hydrogen-bond donors (Lipinski definition) is 0. The van der Waals surface area contributed by atoms with E-state index in [1.54, 1.807) is 0 Å². The molecule has 0 aliphatic carbocycles. The lowest BCUT2D eigenvalue weighted by Gasteiger charge is -2.33. The molecule has 3 heteroatoms. The van der Waals surface area contributed by atoms with E-state index in [4.69, 9.17) is 9.72 Å². The molecule has 2 aromatic rings. The normalized spacial score (nSPS) is 19.8. The van der Waals surface area contributed by atoms with Crippen molar-refractivity contribution >= 4 is 16.7 Å². The van der Waals surface area contributed by atoms with Gasteiger partial charge in [-0.15, -0.1) is 0 Å². The molecule has 1 fully saturated rings. The second kappa shape index (κ2) is 5.57. The number of ether oxygens (including phenoxy) is 1. The molecule has 3 nitrogen and oxygen atoms in total. The van der Waals surface area contributed by atoms with Gasteiger partial charge in [0.25, 0.3) is 0 Å². The lowest BCUT2D eigenvalue weighted by atomic mass is 10.1. The maximum atomic E-state index is 5.75. The van der Waals surface area contributed by atoms with Crippen molar-refractivity contribution in [3.05, 3.63) is 36.4 Å². The summed E-state index contributed by atoms with van der Waals surface area (Å²) in [6, 6.07) is 12.5. The van der Waals surface area contributed by atoms with E-state index in [-0.39, 0.29) is 0 Å². The minimum atomic E-state index is 0.354. The summed E-state index contributed by atoms with van der Waals surface area (Å²) in [6.07, 6.45) is 2.70. The Kier molecular flexibility index (Phi) is 3.65. The number of hydrogen-bond acceptors (Lipinski definition) is 3. The molecule has 1 aromatic carbocycles.